The summed E-state index contributed by atoms with van der Waals surface area (Å²) < 4.78 is 12.0. The lowest BCUT2D eigenvalue weighted by molar-refractivity contribution is 0.112. The maximum atomic E-state index is 6.17. The van der Waals surface area contributed by atoms with Gasteiger partial charge in [-0.3, -0.25) is 0 Å². The zero-order valence-electron chi connectivity index (χ0n) is 10.7. The van der Waals surface area contributed by atoms with Crippen molar-refractivity contribution in [2.75, 3.05) is 11.9 Å². The monoisotopic (exact) mass is 253 g/mol. The number of hydrogen-bond acceptors (Lipinski definition) is 3. The molecule has 0 aliphatic carbocycles. The Hall–Kier alpha value is -2.16. The Balaban J connectivity index is 1.77. The second-order valence-corrected chi connectivity index (χ2v) is 5.14. The Morgan fingerprint density at radius 3 is 2.95 bits per heavy atom. The standard InChI is InChI=1S/C16H15NO2/c1-10-6-7-15-12(8-10)17-13-9-18-14-5-3-2-4-11(14)16(13)19-15/h2-8,13,16-17H,9H2,1H3. The summed E-state index contributed by atoms with van der Waals surface area (Å²) >= 11 is 0. The maximum Gasteiger partial charge on any atom is 0.151 e. The van der Waals surface area contributed by atoms with Crippen LogP contribution in [0.3, 0.4) is 0 Å². The van der Waals surface area contributed by atoms with Crippen LogP contribution in [0.5, 0.6) is 11.5 Å². The predicted molar refractivity (Wildman–Crippen MR) is 73.9 cm³/mol. The normalized spacial score (nSPS) is 23.0. The molecular formula is C16H15NO2. The van der Waals surface area contributed by atoms with Crippen LogP contribution in [0.15, 0.2) is 42.5 Å². The van der Waals surface area contributed by atoms with E-state index in [4.69, 9.17) is 9.47 Å². The summed E-state index contributed by atoms with van der Waals surface area (Å²) in [6.07, 6.45) is 0.0279. The van der Waals surface area contributed by atoms with Gasteiger partial charge in [-0.2, -0.15) is 0 Å². The fraction of sp³-hybridized carbons (Fsp3) is 0.250. The Kier molecular flexibility index (Phi) is 2.21. The van der Waals surface area contributed by atoms with Crippen LogP contribution in [0.4, 0.5) is 5.69 Å². The zero-order chi connectivity index (χ0) is 12.8. The number of rotatable bonds is 0. The Morgan fingerprint density at radius 1 is 1.11 bits per heavy atom. The lowest BCUT2D eigenvalue weighted by Gasteiger charge is -2.39. The summed E-state index contributed by atoms with van der Waals surface area (Å²) in [5.74, 6) is 1.85. The van der Waals surface area contributed by atoms with Gasteiger partial charge in [0.05, 0.1) is 5.69 Å². The summed E-state index contributed by atoms with van der Waals surface area (Å²) in [4.78, 5) is 0. The minimum absolute atomic E-state index is 0.0279. The lowest BCUT2D eigenvalue weighted by atomic mass is 9.97. The highest BCUT2D eigenvalue weighted by atomic mass is 16.5. The first-order chi connectivity index (χ1) is 9.31. The van der Waals surface area contributed by atoms with Crippen LogP contribution in [-0.4, -0.2) is 12.6 Å². The average molecular weight is 253 g/mol. The minimum atomic E-state index is 0.0279. The van der Waals surface area contributed by atoms with Gasteiger partial charge >= 0.3 is 0 Å². The molecule has 0 spiro atoms. The highest BCUT2D eigenvalue weighted by molar-refractivity contribution is 5.61. The van der Waals surface area contributed by atoms with Gasteiger partial charge in [0.25, 0.3) is 0 Å². The molecule has 0 saturated carbocycles. The molecule has 0 radical (unpaired) electrons. The minimum Gasteiger partial charge on any atom is -0.491 e. The lowest BCUT2D eigenvalue weighted by Crippen LogP contribution is -2.42. The molecule has 2 aliphatic rings. The molecule has 2 aromatic rings. The molecule has 1 N–H and O–H groups in total. The summed E-state index contributed by atoms with van der Waals surface area (Å²) in [5, 5.41) is 3.53. The molecule has 0 bridgehead atoms. The van der Waals surface area contributed by atoms with Crippen molar-refractivity contribution in [1.82, 2.24) is 0 Å². The smallest absolute Gasteiger partial charge is 0.151 e. The van der Waals surface area contributed by atoms with Crippen LogP contribution in [0, 0.1) is 6.92 Å². The van der Waals surface area contributed by atoms with Crippen LogP contribution in [0.25, 0.3) is 0 Å². The van der Waals surface area contributed by atoms with Crippen LogP contribution in [-0.2, 0) is 0 Å². The van der Waals surface area contributed by atoms with Crippen molar-refractivity contribution in [1.29, 1.82) is 0 Å². The number of benzene rings is 2. The molecule has 3 heteroatoms. The van der Waals surface area contributed by atoms with E-state index in [2.05, 4.69) is 30.4 Å². The van der Waals surface area contributed by atoms with Crippen LogP contribution < -0.4 is 14.8 Å². The predicted octanol–water partition coefficient (Wildman–Crippen LogP) is 3.30. The molecule has 2 aliphatic heterocycles. The van der Waals surface area contributed by atoms with E-state index < -0.39 is 0 Å². The van der Waals surface area contributed by atoms with Gasteiger partial charge in [0.2, 0.25) is 0 Å². The first kappa shape index (κ1) is 10.7. The fourth-order valence-electron chi connectivity index (χ4n) is 2.79. The molecule has 2 aromatic carbocycles. The van der Waals surface area contributed by atoms with Gasteiger partial charge in [0.1, 0.15) is 24.1 Å². The SMILES string of the molecule is Cc1ccc2c(c1)NC1COc3ccccc3C1O2. The first-order valence-corrected chi connectivity index (χ1v) is 6.57. The third-order valence-corrected chi connectivity index (χ3v) is 3.74. The highest BCUT2D eigenvalue weighted by Gasteiger charge is 2.36. The van der Waals surface area contributed by atoms with Crippen molar-refractivity contribution < 1.29 is 9.47 Å². The van der Waals surface area contributed by atoms with Gasteiger partial charge in [-0.25, -0.2) is 0 Å². The quantitative estimate of drug-likeness (QED) is 0.781. The molecular weight excluding hydrogens is 238 g/mol. The van der Waals surface area contributed by atoms with Crippen molar-refractivity contribution in [2.45, 2.75) is 19.1 Å². The van der Waals surface area contributed by atoms with E-state index in [1.807, 2.05) is 24.3 Å². The van der Waals surface area contributed by atoms with E-state index >= 15 is 0 Å². The van der Waals surface area contributed by atoms with Crippen LogP contribution >= 0.6 is 0 Å². The Morgan fingerprint density at radius 2 is 2.00 bits per heavy atom. The molecule has 2 heterocycles. The fourth-order valence-corrected chi connectivity index (χ4v) is 2.79. The molecule has 3 nitrogen and oxygen atoms in total. The molecule has 0 saturated heterocycles. The third kappa shape index (κ3) is 1.65. The summed E-state index contributed by atoms with van der Waals surface area (Å²) in [6.45, 7) is 2.72. The molecule has 0 fully saturated rings. The van der Waals surface area contributed by atoms with E-state index in [1.165, 1.54) is 5.56 Å². The van der Waals surface area contributed by atoms with E-state index in [0.717, 1.165) is 22.7 Å². The zero-order valence-corrected chi connectivity index (χ0v) is 10.7. The first-order valence-electron chi connectivity index (χ1n) is 6.57. The van der Waals surface area contributed by atoms with Crippen molar-refractivity contribution in [2.24, 2.45) is 0 Å². The number of hydrogen-bond donors (Lipinski definition) is 1. The molecule has 96 valence electrons. The van der Waals surface area contributed by atoms with E-state index in [-0.39, 0.29) is 12.1 Å². The summed E-state index contributed by atoms with van der Waals surface area (Å²) in [7, 11) is 0. The molecule has 19 heavy (non-hydrogen) atoms. The summed E-state index contributed by atoms with van der Waals surface area (Å²) in [6, 6.07) is 14.5. The molecule has 2 unspecified atom stereocenters. The van der Waals surface area contributed by atoms with Crippen LogP contribution in [0.1, 0.15) is 17.2 Å². The van der Waals surface area contributed by atoms with Crippen molar-refractivity contribution in [3.05, 3.63) is 53.6 Å². The third-order valence-electron chi connectivity index (χ3n) is 3.74. The van der Waals surface area contributed by atoms with Gasteiger partial charge in [-0.15, -0.1) is 0 Å². The number of para-hydroxylation sites is 1. The van der Waals surface area contributed by atoms with Gasteiger partial charge in [0.15, 0.2) is 6.10 Å². The van der Waals surface area contributed by atoms with Crippen molar-refractivity contribution in [3.63, 3.8) is 0 Å². The number of aryl methyl sites for hydroxylation is 1. The topological polar surface area (TPSA) is 30.5 Å². The molecule has 2 atom stereocenters. The van der Waals surface area contributed by atoms with Crippen molar-refractivity contribution >= 4 is 5.69 Å². The second kappa shape index (κ2) is 3.92. The molecule has 0 aromatic heterocycles. The van der Waals surface area contributed by atoms with Gasteiger partial charge < -0.3 is 14.8 Å². The Bertz CT molecular complexity index is 638. The molecule has 4 rings (SSSR count). The average Bonchev–Trinajstić information content (AvgIpc) is 2.45. The van der Waals surface area contributed by atoms with Gasteiger partial charge in [0, 0.05) is 5.56 Å². The number of nitrogens with one attached hydrogen (secondary N) is 1. The van der Waals surface area contributed by atoms with Gasteiger partial charge in [-0.05, 0) is 30.7 Å². The largest absolute Gasteiger partial charge is 0.491 e. The molecule has 0 amide bonds. The van der Waals surface area contributed by atoms with Gasteiger partial charge in [-0.1, -0.05) is 24.3 Å². The highest BCUT2D eigenvalue weighted by Crippen LogP contribution is 2.42. The summed E-state index contributed by atoms with van der Waals surface area (Å²) in [5.41, 5.74) is 3.41. The number of ether oxygens (including phenoxy) is 2. The maximum absolute atomic E-state index is 6.17. The number of fused-ring (bicyclic) bond motifs is 4. The van der Waals surface area contributed by atoms with E-state index in [9.17, 15) is 0 Å². The van der Waals surface area contributed by atoms with E-state index in [1.54, 1.807) is 0 Å². The van der Waals surface area contributed by atoms with Crippen LogP contribution in [0.2, 0.25) is 0 Å². The second-order valence-electron chi connectivity index (χ2n) is 5.14. The Labute approximate surface area is 112 Å². The van der Waals surface area contributed by atoms with E-state index in [0.29, 0.717) is 6.61 Å². The van der Waals surface area contributed by atoms with Crippen molar-refractivity contribution in [3.8, 4) is 11.5 Å². The number of anilines is 1.